The van der Waals surface area contributed by atoms with E-state index >= 15 is 0 Å². The molecular weight excluding hydrogens is 384 g/mol. The second-order valence-corrected chi connectivity index (χ2v) is 8.12. The molecule has 0 unspecified atom stereocenters. The van der Waals surface area contributed by atoms with Crippen LogP contribution in [0.15, 0.2) is 30.6 Å². The van der Waals surface area contributed by atoms with Crippen LogP contribution >= 0.6 is 0 Å². The third-order valence-corrected chi connectivity index (χ3v) is 5.32. The number of piperazine rings is 1. The van der Waals surface area contributed by atoms with E-state index in [0.717, 1.165) is 17.9 Å². The van der Waals surface area contributed by atoms with Crippen molar-refractivity contribution in [2.45, 2.75) is 39.0 Å². The third kappa shape index (κ3) is 4.79. The number of ether oxygens (including phenoxy) is 1. The van der Waals surface area contributed by atoms with Gasteiger partial charge in [-0.25, -0.2) is 0 Å². The molecule has 1 fully saturated rings. The molecule has 9 heteroatoms. The minimum atomic E-state index is -0.0465. The molecule has 0 spiro atoms. The van der Waals surface area contributed by atoms with Gasteiger partial charge in [-0.1, -0.05) is 0 Å². The number of carbonyl (C=O) groups is 2. The number of amides is 2. The number of aromatic nitrogens is 3. The molecule has 160 valence electrons. The first-order valence-electron chi connectivity index (χ1n) is 10.4. The summed E-state index contributed by atoms with van der Waals surface area (Å²) in [7, 11) is 0. The van der Waals surface area contributed by atoms with Crippen LogP contribution in [-0.2, 0) is 17.8 Å². The Morgan fingerprint density at radius 3 is 2.60 bits per heavy atom. The molecule has 2 aromatic heterocycles. The number of fused-ring (bicyclic) bond motifs is 1. The van der Waals surface area contributed by atoms with Crippen molar-refractivity contribution < 1.29 is 14.3 Å². The predicted octanol–water partition coefficient (Wildman–Crippen LogP) is 0.564. The average molecular weight is 412 g/mol. The Balaban J connectivity index is 1.27. The second kappa shape index (κ2) is 8.83. The second-order valence-electron chi connectivity index (χ2n) is 8.12. The quantitative estimate of drug-likeness (QED) is 0.746. The Morgan fingerprint density at radius 2 is 1.93 bits per heavy atom. The van der Waals surface area contributed by atoms with Gasteiger partial charge in [0.15, 0.2) is 5.69 Å². The summed E-state index contributed by atoms with van der Waals surface area (Å²) in [6.07, 6.45) is 4.15. The summed E-state index contributed by atoms with van der Waals surface area (Å²) >= 11 is 0. The molecule has 0 aromatic carbocycles. The highest BCUT2D eigenvalue weighted by Gasteiger charge is 2.29. The van der Waals surface area contributed by atoms with E-state index in [1.54, 1.807) is 12.4 Å². The molecule has 2 aromatic rings. The highest BCUT2D eigenvalue weighted by molar-refractivity contribution is 5.92. The number of nitrogens with zero attached hydrogens (tertiary/aromatic N) is 5. The molecule has 2 aliphatic rings. The predicted molar refractivity (Wildman–Crippen MR) is 110 cm³/mol. The summed E-state index contributed by atoms with van der Waals surface area (Å²) in [5, 5.41) is 7.42. The van der Waals surface area contributed by atoms with Crippen LogP contribution in [0.1, 0.15) is 30.0 Å². The minimum Gasteiger partial charge on any atom is -0.488 e. The zero-order valence-corrected chi connectivity index (χ0v) is 17.5. The molecule has 4 rings (SSSR count). The van der Waals surface area contributed by atoms with Crippen molar-refractivity contribution in [2.75, 3.05) is 32.7 Å². The van der Waals surface area contributed by atoms with Crippen molar-refractivity contribution in [1.29, 1.82) is 0 Å². The van der Waals surface area contributed by atoms with Gasteiger partial charge in [0.25, 0.3) is 5.91 Å². The summed E-state index contributed by atoms with van der Waals surface area (Å²) in [5.41, 5.74) is 1.50. The lowest BCUT2D eigenvalue weighted by Crippen LogP contribution is -2.51. The molecule has 1 saturated heterocycles. The van der Waals surface area contributed by atoms with Gasteiger partial charge in [-0.2, -0.15) is 5.10 Å². The van der Waals surface area contributed by atoms with Crippen LogP contribution in [-0.4, -0.2) is 81.2 Å². The summed E-state index contributed by atoms with van der Waals surface area (Å²) in [6.45, 7) is 7.48. The normalized spacial score (nSPS) is 19.0. The van der Waals surface area contributed by atoms with E-state index in [2.05, 4.69) is 20.3 Å². The van der Waals surface area contributed by atoms with E-state index in [9.17, 15) is 9.59 Å². The van der Waals surface area contributed by atoms with Gasteiger partial charge in [0.2, 0.25) is 5.91 Å². The molecule has 0 saturated carbocycles. The molecule has 2 amide bonds. The van der Waals surface area contributed by atoms with Gasteiger partial charge in [0.1, 0.15) is 11.9 Å². The SMILES string of the molecule is CC(C)NC(=O)CN1CCN(C(=O)c2cc3n(n2)C[C@@H](Oc2ccncc2)C3)CC1. The zero-order chi connectivity index (χ0) is 21.1. The van der Waals surface area contributed by atoms with Crippen LogP contribution in [0.5, 0.6) is 5.75 Å². The van der Waals surface area contributed by atoms with Gasteiger partial charge >= 0.3 is 0 Å². The van der Waals surface area contributed by atoms with Crippen molar-refractivity contribution in [3.8, 4) is 5.75 Å². The van der Waals surface area contributed by atoms with Crippen LogP contribution in [0.4, 0.5) is 0 Å². The molecule has 1 N–H and O–H groups in total. The Morgan fingerprint density at radius 1 is 1.20 bits per heavy atom. The van der Waals surface area contributed by atoms with E-state index < -0.39 is 0 Å². The Bertz CT molecular complexity index is 866. The molecule has 30 heavy (non-hydrogen) atoms. The Hall–Kier alpha value is -2.94. The lowest BCUT2D eigenvalue weighted by molar-refractivity contribution is -0.123. The fourth-order valence-corrected chi connectivity index (χ4v) is 3.90. The zero-order valence-electron chi connectivity index (χ0n) is 17.5. The van der Waals surface area contributed by atoms with Gasteiger partial charge in [-0.15, -0.1) is 0 Å². The summed E-state index contributed by atoms with van der Waals surface area (Å²) < 4.78 is 7.83. The summed E-state index contributed by atoms with van der Waals surface area (Å²) in [4.78, 5) is 32.7. The number of pyridine rings is 1. The van der Waals surface area contributed by atoms with Gasteiger partial charge in [0, 0.05) is 56.7 Å². The molecule has 0 aliphatic carbocycles. The first-order chi connectivity index (χ1) is 14.5. The number of hydrogen-bond donors (Lipinski definition) is 1. The van der Waals surface area contributed by atoms with Gasteiger partial charge in [0.05, 0.1) is 13.1 Å². The van der Waals surface area contributed by atoms with Crippen molar-refractivity contribution in [3.63, 3.8) is 0 Å². The number of nitrogens with one attached hydrogen (secondary N) is 1. The summed E-state index contributed by atoms with van der Waals surface area (Å²) in [6, 6.07) is 5.68. The lowest BCUT2D eigenvalue weighted by Gasteiger charge is -2.34. The third-order valence-electron chi connectivity index (χ3n) is 5.32. The lowest BCUT2D eigenvalue weighted by atomic mass is 10.2. The minimum absolute atomic E-state index is 0.0135. The number of hydrogen-bond acceptors (Lipinski definition) is 6. The molecule has 9 nitrogen and oxygen atoms in total. The van der Waals surface area contributed by atoms with E-state index in [-0.39, 0.29) is 24.0 Å². The first kappa shape index (κ1) is 20.3. The topological polar surface area (TPSA) is 92.6 Å². The monoisotopic (exact) mass is 412 g/mol. The van der Waals surface area contributed by atoms with Crippen LogP contribution in [0.2, 0.25) is 0 Å². The first-order valence-corrected chi connectivity index (χ1v) is 10.4. The van der Waals surface area contributed by atoms with Crippen LogP contribution in [0.25, 0.3) is 0 Å². The van der Waals surface area contributed by atoms with Crippen LogP contribution in [0, 0.1) is 0 Å². The maximum Gasteiger partial charge on any atom is 0.274 e. The maximum absolute atomic E-state index is 12.9. The smallest absolute Gasteiger partial charge is 0.274 e. The molecule has 2 aliphatic heterocycles. The maximum atomic E-state index is 12.9. The van der Waals surface area contributed by atoms with Gasteiger partial charge < -0.3 is 15.0 Å². The van der Waals surface area contributed by atoms with Crippen molar-refractivity contribution in [3.05, 3.63) is 42.0 Å². The van der Waals surface area contributed by atoms with Gasteiger partial charge in [-0.3, -0.25) is 24.2 Å². The molecule has 1 atom stereocenters. The average Bonchev–Trinajstić information content (AvgIpc) is 3.27. The van der Waals surface area contributed by atoms with Crippen molar-refractivity contribution in [2.24, 2.45) is 0 Å². The van der Waals surface area contributed by atoms with Crippen molar-refractivity contribution >= 4 is 11.8 Å². The highest BCUT2D eigenvalue weighted by Crippen LogP contribution is 2.22. The molecule has 0 radical (unpaired) electrons. The van der Waals surface area contributed by atoms with Crippen molar-refractivity contribution in [1.82, 2.24) is 29.9 Å². The van der Waals surface area contributed by atoms with E-state index in [0.29, 0.717) is 45.0 Å². The molecular formula is C21H28N6O3. The van der Waals surface area contributed by atoms with E-state index in [1.165, 1.54) is 0 Å². The Kier molecular flexibility index (Phi) is 5.98. The number of rotatable bonds is 6. The highest BCUT2D eigenvalue weighted by atomic mass is 16.5. The van der Waals surface area contributed by atoms with Crippen LogP contribution < -0.4 is 10.1 Å². The fraction of sp³-hybridized carbons (Fsp3) is 0.524. The largest absolute Gasteiger partial charge is 0.488 e. The van der Waals surface area contributed by atoms with Gasteiger partial charge in [-0.05, 0) is 32.0 Å². The fourth-order valence-electron chi connectivity index (χ4n) is 3.90. The summed E-state index contributed by atoms with van der Waals surface area (Å²) in [5.74, 6) is 0.769. The number of carbonyl (C=O) groups excluding carboxylic acids is 2. The standard InChI is InChI=1S/C21H28N6O3/c1-15(2)23-20(28)14-25-7-9-26(10-8-25)21(29)19-12-16-11-18(13-27(16)24-19)30-17-3-5-22-6-4-17/h3-6,12,15,18H,7-11,13-14H2,1-2H3,(H,23,28)/t18-/m0/s1. The van der Waals surface area contributed by atoms with Crippen LogP contribution in [0.3, 0.4) is 0 Å². The molecule has 4 heterocycles. The van der Waals surface area contributed by atoms with E-state index in [4.69, 9.17) is 4.74 Å². The Labute approximate surface area is 176 Å². The van der Waals surface area contributed by atoms with E-state index in [1.807, 2.05) is 41.6 Å². The molecule has 0 bridgehead atoms.